The Morgan fingerprint density at radius 2 is 1.76 bits per heavy atom. The van der Waals surface area contributed by atoms with Crippen LogP contribution in [0.15, 0.2) is 18.2 Å². The number of likely N-dealkylation sites (tertiary alicyclic amines) is 1. The molecule has 0 aromatic heterocycles. The number of benzene rings is 1. The summed E-state index contributed by atoms with van der Waals surface area (Å²) in [6.45, 7) is 13.4. The summed E-state index contributed by atoms with van der Waals surface area (Å²) in [5.41, 5.74) is -1.15. The van der Waals surface area contributed by atoms with Gasteiger partial charge in [0.25, 0.3) is 0 Å². The van der Waals surface area contributed by atoms with Crippen molar-refractivity contribution < 1.29 is 27.8 Å². The van der Waals surface area contributed by atoms with Gasteiger partial charge >= 0.3 is 6.09 Å². The third-order valence-electron chi connectivity index (χ3n) is 7.33. The van der Waals surface area contributed by atoms with Crippen molar-refractivity contribution in [3.63, 3.8) is 0 Å². The van der Waals surface area contributed by atoms with Gasteiger partial charge in [-0.1, -0.05) is 32.6 Å². The Kier molecular flexibility index (Phi) is 9.25. The average Bonchev–Trinajstić information content (AvgIpc) is 3.27. The van der Waals surface area contributed by atoms with E-state index in [1.165, 1.54) is 25.5 Å². The van der Waals surface area contributed by atoms with Crippen LogP contribution in [0.3, 0.4) is 0 Å². The van der Waals surface area contributed by atoms with Gasteiger partial charge in [0.2, 0.25) is 5.91 Å². The van der Waals surface area contributed by atoms with Crippen LogP contribution < -0.4 is 0 Å². The van der Waals surface area contributed by atoms with E-state index in [-0.39, 0.29) is 18.4 Å². The minimum absolute atomic E-state index is 0.188. The minimum atomic E-state index is -0.939. The second-order valence-corrected chi connectivity index (χ2v) is 12.1. The Morgan fingerprint density at radius 1 is 1.11 bits per heavy atom. The highest BCUT2D eigenvalue weighted by Crippen LogP contribution is 2.41. The standard InChI is InChI=1S/C29H44F2N2O4/c1-8-9-10-11-12-20-15-24(32(18-20)27(35)37-28(3,4)5)26-25(33(19(2)34)29(6,7)36-26)16-21-13-22(30)17-23(31)14-21/h13-14,17,20,24-26H,8-12,15-16,18H2,1-7H3/t20?,24?,25-,26+/m0/s1. The normalized spacial score (nSPS) is 25.5. The molecule has 1 aromatic rings. The van der Waals surface area contributed by atoms with Crippen LogP contribution in [0.2, 0.25) is 0 Å². The maximum absolute atomic E-state index is 14.0. The Hall–Kier alpha value is -2.22. The van der Waals surface area contributed by atoms with Crippen LogP contribution >= 0.6 is 0 Å². The van der Waals surface area contributed by atoms with E-state index in [4.69, 9.17) is 9.47 Å². The lowest BCUT2D eigenvalue weighted by Gasteiger charge is -2.34. The van der Waals surface area contributed by atoms with Crippen LogP contribution in [0.4, 0.5) is 13.6 Å². The lowest BCUT2D eigenvalue weighted by molar-refractivity contribution is -0.145. The van der Waals surface area contributed by atoms with Crippen molar-refractivity contribution in [1.82, 2.24) is 9.80 Å². The molecule has 3 rings (SSSR count). The molecule has 0 radical (unpaired) electrons. The number of hydrogen-bond acceptors (Lipinski definition) is 4. The molecule has 0 N–H and O–H groups in total. The topological polar surface area (TPSA) is 59.1 Å². The molecule has 2 aliphatic rings. The monoisotopic (exact) mass is 522 g/mol. The first-order valence-corrected chi connectivity index (χ1v) is 13.6. The van der Waals surface area contributed by atoms with Crippen molar-refractivity contribution in [2.45, 2.75) is 123 Å². The first kappa shape index (κ1) is 29.3. The molecule has 37 heavy (non-hydrogen) atoms. The molecule has 4 atom stereocenters. The van der Waals surface area contributed by atoms with Crippen molar-refractivity contribution in [1.29, 1.82) is 0 Å². The number of carbonyl (C=O) groups is 2. The summed E-state index contributed by atoms with van der Waals surface area (Å²) in [7, 11) is 0. The molecule has 2 unspecified atom stereocenters. The summed E-state index contributed by atoms with van der Waals surface area (Å²) in [6, 6.07) is 2.60. The predicted octanol–water partition coefficient (Wildman–Crippen LogP) is 6.46. The van der Waals surface area contributed by atoms with Crippen LogP contribution in [0.25, 0.3) is 0 Å². The second-order valence-electron chi connectivity index (χ2n) is 12.1. The number of nitrogens with zero attached hydrogens (tertiary/aromatic N) is 2. The van der Waals surface area contributed by atoms with Crippen LogP contribution in [0, 0.1) is 17.6 Å². The van der Waals surface area contributed by atoms with Gasteiger partial charge in [-0.3, -0.25) is 4.79 Å². The third-order valence-corrected chi connectivity index (χ3v) is 7.33. The summed E-state index contributed by atoms with van der Waals surface area (Å²) >= 11 is 0. The van der Waals surface area contributed by atoms with Gasteiger partial charge in [-0.15, -0.1) is 0 Å². The van der Waals surface area contributed by atoms with Crippen LogP contribution in [-0.4, -0.2) is 57.9 Å². The first-order valence-electron chi connectivity index (χ1n) is 13.6. The van der Waals surface area contributed by atoms with Gasteiger partial charge in [-0.25, -0.2) is 13.6 Å². The first-order chi connectivity index (χ1) is 17.2. The molecule has 0 saturated carbocycles. The minimum Gasteiger partial charge on any atom is -0.444 e. The van der Waals surface area contributed by atoms with E-state index in [9.17, 15) is 18.4 Å². The molecule has 1 aromatic carbocycles. The van der Waals surface area contributed by atoms with Crippen molar-refractivity contribution >= 4 is 12.0 Å². The number of hydrogen-bond donors (Lipinski definition) is 0. The third kappa shape index (κ3) is 7.43. The molecule has 2 fully saturated rings. The number of carbonyl (C=O) groups excluding carboxylic acids is 2. The van der Waals surface area contributed by atoms with E-state index in [2.05, 4.69) is 6.92 Å². The predicted molar refractivity (Wildman–Crippen MR) is 139 cm³/mol. The molecule has 2 aliphatic heterocycles. The largest absolute Gasteiger partial charge is 0.444 e. The number of unbranched alkanes of at least 4 members (excludes halogenated alkanes) is 3. The lowest BCUT2D eigenvalue weighted by Crippen LogP contribution is -2.52. The SMILES string of the molecule is CCCCCCC1CC([C@H]2OC(C)(C)N(C(C)=O)[C@H]2Cc2cc(F)cc(F)c2)N(C(=O)OC(C)(C)C)C1. The van der Waals surface area contributed by atoms with Crippen molar-refractivity contribution in [3.05, 3.63) is 35.4 Å². The van der Waals surface area contributed by atoms with E-state index in [1.54, 1.807) is 9.80 Å². The van der Waals surface area contributed by atoms with Crippen LogP contribution in [-0.2, 0) is 20.7 Å². The highest BCUT2D eigenvalue weighted by Gasteiger charge is 2.55. The molecule has 2 amide bonds. The van der Waals surface area contributed by atoms with Crippen molar-refractivity contribution in [3.8, 4) is 0 Å². The molecule has 0 bridgehead atoms. The summed E-state index contributed by atoms with van der Waals surface area (Å²) in [6.07, 6.45) is 5.61. The molecule has 2 heterocycles. The van der Waals surface area contributed by atoms with Crippen molar-refractivity contribution in [2.24, 2.45) is 5.92 Å². The van der Waals surface area contributed by atoms with E-state index in [0.29, 0.717) is 18.0 Å². The van der Waals surface area contributed by atoms with Gasteiger partial charge in [0.1, 0.15) is 29.1 Å². The summed E-state index contributed by atoms with van der Waals surface area (Å²) in [5.74, 6) is -1.22. The zero-order chi connectivity index (χ0) is 27.5. The average molecular weight is 523 g/mol. The molecular weight excluding hydrogens is 478 g/mol. The van der Waals surface area contributed by atoms with E-state index < -0.39 is 41.2 Å². The molecule has 2 saturated heterocycles. The highest BCUT2D eigenvalue weighted by atomic mass is 19.1. The van der Waals surface area contributed by atoms with E-state index in [0.717, 1.165) is 38.2 Å². The van der Waals surface area contributed by atoms with Crippen LogP contribution in [0.5, 0.6) is 0 Å². The summed E-state index contributed by atoms with van der Waals surface area (Å²) in [5, 5.41) is 0. The number of amides is 2. The fraction of sp³-hybridized carbons (Fsp3) is 0.724. The fourth-order valence-electron chi connectivity index (χ4n) is 6.01. The Balaban J connectivity index is 1.94. The number of rotatable bonds is 8. The Morgan fingerprint density at radius 3 is 2.32 bits per heavy atom. The van der Waals surface area contributed by atoms with E-state index >= 15 is 0 Å². The quantitative estimate of drug-likeness (QED) is 0.368. The maximum Gasteiger partial charge on any atom is 0.410 e. The zero-order valence-electron chi connectivity index (χ0n) is 23.5. The maximum atomic E-state index is 14.0. The van der Waals surface area contributed by atoms with Gasteiger partial charge in [0.05, 0.1) is 12.1 Å². The summed E-state index contributed by atoms with van der Waals surface area (Å²) < 4.78 is 40.4. The fourth-order valence-corrected chi connectivity index (χ4v) is 6.01. The smallest absolute Gasteiger partial charge is 0.410 e. The Bertz CT molecular complexity index is 941. The number of halogens is 2. The lowest BCUT2D eigenvalue weighted by atomic mass is 9.91. The van der Waals surface area contributed by atoms with Gasteiger partial charge < -0.3 is 19.3 Å². The molecule has 208 valence electrons. The zero-order valence-corrected chi connectivity index (χ0v) is 23.5. The molecule has 6 nitrogen and oxygen atoms in total. The van der Waals surface area contributed by atoms with Crippen LogP contribution in [0.1, 0.15) is 92.6 Å². The molecule has 0 aliphatic carbocycles. The number of ether oxygens (including phenoxy) is 2. The van der Waals surface area contributed by atoms with Crippen molar-refractivity contribution in [2.75, 3.05) is 6.54 Å². The van der Waals surface area contributed by atoms with Gasteiger partial charge in [-0.2, -0.15) is 0 Å². The second kappa shape index (κ2) is 11.7. The molecule has 0 spiro atoms. The van der Waals surface area contributed by atoms with Gasteiger partial charge in [0, 0.05) is 19.5 Å². The Labute approximate surface area is 220 Å². The van der Waals surface area contributed by atoms with Gasteiger partial charge in [0.15, 0.2) is 0 Å². The summed E-state index contributed by atoms with van der Waals surface area (Å²) in [4.78, 5) is 29.6. The molecular formula is C29H44F2N2O4. The van der Waals surface area contributed by atoms with E-state index in [1.807, 2.05) is 34.6 Å². The van der Waals surface area contributed by atoms with Gasteiger partial charge in [-0.05, 0) is 77.5 Å². The highest BCUT2D eigenvalue weighted by molar-refractivity contribution is 5.75. The molecule has 8 heteroatoms.